The summed E-state index contributed by atoms with van der Waals surface area (Å²) in [5, 5.41) is 8.94. The van der Waals surface area contributed by atoms with Crippen LogP contribution in [0.2, 0.25) is 0 Å². The average molecular weight is 161 g/mol. The van der Waals surface area contributed by atoms with Gasteiger partial charge in [-0.15, -0.1) is 0 Å². The molecule has 64 valence electrons. The van der Waals surface area contributed by atoms with Crippen molar-refractivity contribution in [1.29, 1.82) is 0 Å². The Morgan fingerprint density at radius 2 is 2.36 bits per heavy atom. The molecule has 0 bridgehead atoms. The summed E-state index contributed by atoms with van der Waals surface area (Å²) in [6.45, 7) is 1.92. The Bertz CT molecular complexity index is 153. The number of aliphatic hydroxyl groups excluding tert-OH is 1. The molecule has 4 heteroatoms. The Morgan fingerprint density at radius 1 is 1.73 bits per heavy atom. The van der Waals surface area contributed by atoms with Crippen molar-refractivity contribution in [2.24, 2.45) is 0 Å². The van der Waals surface area contributed by atoms with E-state index in [0.29, 0.717) is 6.42 Å². The zero-order valence-electron chi connectivity index (χ0n) is 6.46. The molecular weight excluding hydrogens is 149 g/mol. The van der Waals surface area contributed by atoms with E-state index < -0.39 is 12.3 Å². The second-order valence-electron chi connectivity index (χ2n) is 2.74. The van der Waals surface area contributed by atoms with Crippen molar-refractivity contribution in [1.82, 2.24) is 4.90 Å². The summed E-state index contributed by atoms with van der Waals surface area (Å²) in [6.07, 6.45) is -1.87. The maximum atomic E-state index is 12.6. The van der Waals surface area contributed by atoms with Gasteiger partial charge in [-0.25, -0.2) is 4.39 Å². The minimum absolute atomic E-state index is 0.0494. The van der Waals surface area contributed by atoms with E-state index in [0.717, 1.165) is 0 Å². The molecule has 0 aromatic carbocycles. The molecule has 11 heavy (non-hydrogen) atoms. The second kappa shape index (κ2) is 3.17. The molecule has 2 atom stereocenters. The fourth-order valence-corrected chi connectivity index (χ4v) is 1.17. The van der Waals surface area contributed by atoms with Gasteiger partial charge in [-0.3, -0.25) is 4.79 Å². The van der Waals surface area contributed by atoms with Crippen molar-refractivity contribution in [2.45, 2.75) is 25.6 Å². The zero-order chi connectivity index (χ0) is 8.43. The molecule has 1 aliphatic rings. The van der Waals surface area contributed by atoms with Crippen molar-refractivity contribution in [2.75, 3.05) is 13.1 Å². The van der Waals surface area contributed by atoms with Gasteiger partial charge in [-0.2, -0.15) is 0 Å². The van der Waals surface area contributed by atoms with Gasteiger partial charge in [0, 0.05) is 13.0 Å². The van der Waals surface area contributed by atoms with Gasteiger partial charge in [0.15, 0.2) is 0 Å². The Labute approximate surface area is 64.8 Å². The third kappa shape index (κ3) is 1.68. The summed E-state index contributed by atoms with van der Waals surface area (Å²) in [4.78, 5) is 12.3. The summed E-state index contributed by atoms with van der Waals surface area (Å²) in [7, 11) is 0. The molecule has 0 radical (unpaired) electrons. The first-order valence-electron chi connectivity index (χ1n) is 3.75. The molecule has 1 aliphatic heterocycles. The lowest BCUT2D eigenvalue weighted by Gasteiger charge is -2.12. The lowest BCUT2D eigenvalue weighted by atomic mass is 10.3. The Balaban J connectivity index is 2.46. The molecule has 3 nitrogen and oxygen atoms in total. The van der Waals surface area contributed by atoms with Gasteiger partial charge in [-0.1, -0.05) is 6.92 Å². The highest BCUT2D eigenvalue weighted by Crippen LogP contribution is 2.13. The summed E-state index contributed by atoms with van der Waals surface area (Å²) < 4.78 is 12.6. The largest absolute Gasteiger partial charge is 0.388 e. The van der Waals surface area contributed by atoms with Gasteiger partial charge >= 0.3 is 0 Å². The maximum absolute atomic E-state index is 12.6. The first-order chi connectivity index (χ1) is 5.15. The average Bonchev–Trinajstić information content (AvgIpc) is 2.31. The third-order valence-electron chi connectivity index (χ3n) is 1.87. The highest BCUT2D eigenvalue weighted by atomic mass is 19.1. The number of carbonyl (C=O) groups is 1. The molecular formula is C7H12FNO2. The number of alkyl halides is 1. The minimum Gasteiger partial charge on any atom is -0.388 e. The molecule has 0 spiro atoms. The molecule has 0 aromatic rings. The molecule has 1 N–H and O–H groups in total. The molecule has 1 rings (SSSR count). The standard InChI is InChI=1S/C7H12FNO2/c1-2-7(11)9-3-5(8)6(10)4-9/h5-6,10H,2-4H2,1H3. The second-order valence-corrected chi connectivity index (χ2v) is 2.74. The van der Waals surface area contributed by atoms with Gasteiger partial charge in [0.2, 0.25) is 5.91 Å². The lowest BCUT2D eigenvalue weighted by molar-refractivity contribution is -0.130. The zero-order valence-corrected chi connectivity index (χ0v) is 6.46. The van der Waals surface area contributed by atoms with Crippen molar-refractivity contribution in [3.05, 3.63) is 0 Å². The van der Waals surface area contributed by atoms with Crippen LogP contribution in [0.1, 0.15) is 13.3 Å². The van der Waals surface area contributed by atoms with Gasteiger partial charge < -0.3 is 10.0 Å². The fourth-order valence-electron chi connectivity index (χ4n) is 1.17. The Hall–Kier alpha value is -0.640. The Kier molecular flexibility index (Phi) is 2.44. The highest BCUT2D eigenvalue weighted by Gasteiger charge is 2.32. The van der Waals surface area contributed by atoms with E-state index in [1.54, 1.807) is 6.92 Å². The fraction of sp³-hybridized carbons (Fsp3) is 0.857. The van der Waals surface area contributed by atoms with E-state index >= 15 is 0 Å². The van der Waals surface area contributed by atoms with Crippen molar-refractivity contribution in [3.8, 4) is 0 Å². The van der Waals surface area contributed by atoms with E-state index in [9.17, 15) is 9.18 Å². The molecule has 1 heterocycles. The van der Waals surface area contributed by atoms with Gasteiger partial charge in [-0.05, 0) is 0 Å². The van der Waals surface area contributed by atoms with Crippen LogP contribution in [0.25, 0.3) is 0 Å². The van der Waals surface area contributed by atoms with E-state index in [1.807, 2.05) is 0 Å². The quantitative estimate of drug-likeness (QED) is 0.585. The predicted octanol–water partition coefficient (Wildman–Crippen LogP) is -0.0624. The van der Waals surface area contributed by atoms with Gasteiger partial charge in [0.25, 0.3) is 0 Å². The van der Waals surface area contributed by atoms with Crippen molar-refractivity contribution in [3.63, 3.8) is 0 Å². The number of β-amino-alcohol motifs (C(OH)–C–C–N with tert-alkyl or cyclic N) is 1. The monoisotopic (exact) mass is 161 g/mol. The number of likely N-dealkylation sites (tertiary alicyclic amines) is 1. The summed E-state index contributed by atoms with van der Waals surface area (Å²) in [5.74, 6) is -0.0933. The van der Waals surface area contributed by atoms with Crippen LogP contribution in [0.15, 0.2) is 0 Å². The first-order valence-corrected chi connectivity index (χ1v) is 3.75. The third-order valence-corrected chi connectivity index (χ3v) is 1.87. The number of halogens is 1. The van der Waals surface area contributed by atoms with E-state index in [2.05, 4.69) is 0 Å². The normalized spacial score (nSPS) is 31.0. The molecule has 0 aliphatic carbocycles. The number of carbonyl (C=O) groups excluding carboxylic acids is 1. The molecule has 1 fully saturated rings. The van der Waals surface area contributed by atoms with Crippen LogP contribution in [-0.4, -0.2) is 41.3 Å². The molecule has 1 saturated heterocycles. The number of aliphatic hydroxyl groups is 1. The maximum Gasteiger partial charge on any atom is 0.222 e. The topological polar surface area (TPSA) is 40.5 Å². The van der Waals surface area contributed by atoms with Crippen LogP contribution >= 0.6 is 0 Å². The summed E-state index contributed by atoms with van der Waals surface area (Å²) in [6, 6.07) is 0. The molecule has 2 unspecified atom stereocenters. The number of nitrogens with zero attached hydrogens (tertiary/aromatic N) is 1. The highest BCUT2D eigenvalue weighted by molar-refractivity contribution is 5.76. The Morgan fingerprint density at radius 3 is 2.73 bits per heavy atom. The number of hydrogen-bond acceptors (Lipinski definition) is 2. The number of rotatable bonds is 1. The van der Waals surface area contributed by atoms with Crippen LogP contribution in [0, 0.1) is 0 Å². The number of hydrogen-bond donors (Lipinski definition) is 1. The summed E-state index contributed by atoms with van der Waals surface area (Å²) in [5.41, 5.74) is 0. The smallest absolute Gasteiger partial charge is 0.222 e. The van der Waals surface area contributed by atoms with Gasteiger partial charge in [0.05, 0.1) is 6.54 Å². The van der Waals surface area contributed by atoms with E-state index in [1.165, 1.54) is 4.90 Å². The minimum atomic E-state index is -1.26. The van der Waals surface area contributed by atoms with Crippen molar-refractivity contribution < 1.29 is 14.3 Å². The van der Waals surface area contributed by atoms with E-state index in [-0.39, 0.29) is 19.0 Å². The van der Waals surface area contributed by atoms with Gasteiger partial charge in [0.1, 0.15) is 12.3 Å². The number of amides is 1. The lowest BCUT2D eigenvalue weighted by Crippen LogP contribution is -2.28. The SMILES string of the molecule is CCC(=O)N1CC(O)C(F)C1. The van der Waals surface area contributed by atoms with Crippen LogP contribution in [0.4, 0.5) is 4.39 Å². The predicted molar refractivity (Wildman–Crippen MR) is 37.8 cm³/mol. The van der Waals surface area contributed by atoms with Crippen LogP contribution < -0.4 is 0 Å². The summed E-state index contributed by atoms with van der Waals surface area (Å²) >= 11 is 0. The van der Waals surface area contributed by atoms with E-state index in [4.69, 9.17) is 5.11 Å². The molecule has 1 amide bonds. The molecule has 0 aromatic heterocycles. The van der Waals surface area contributed by atoms with Crippen molar-refractivity contribution >= 4 is 5.91 Å². The first kappa shape index (κ1) is 8.46. The van der Waals surface area contributed by atoms with Crippen LogP contribution in [0.5, 0.6) is 0 Å². The van der Waals surface area contributed by atoms with Crippen LogP contribution in [0.3, 0.4) is 0 Å². The van der Waals surface area contributed by atoms with Crippen LogP contribution in [-0.2, 0) is 4.79 Å². The molecule has 0 saturated carbocycles.